The molecule has 1 fully saturated rings. The summed E-state index contributed by atoms with van der Waals surface area (Å²) < 4.78 is 41.3. The van der Waals surface area contributed by atoms with E-state index >= 15 is 0 Å². The molecule has 2 rings (SSSR count). The average Bonchev–Trinajstić information content (AvgIpc) is 2.31. The summed E-state index contributed by atoms with van der Waals surface area (Å²) in [5.41, 5.74) is 0. The molecule has 0 amide bonds. The maximum absolute atomic E-state index is 13.7. The summed E-state index contributed by atoms with van der Waals surface area (Å²) in [6.45, 7) is 2.03. The van der Waals surface area contributed by atoms with Gasteiger partial charge in [-0.15, -0.1) is 0 Å². The van der Waals surface area contributed by atoms with Gasteiger partial charge in [-0.25, -0.2) is 17.5 Å². The molecule has 1 aromatic rings. The molecule has 6 heteroatoms. The van der Waals surface area contributed by atoms with E-state index in [1.54, 1.807) is 0 Å². The highest BCUT2D eigenvalue weighted by molar-refractivity contribution is 9.10. The van der Waals surface area contributed by atoms with Crippen LogP contribution in [0.15, 0.2) is 27.6 Å². The van der Waals surface area contributed by atoms with E-state index in [4.69, 9.17) is 0 Å². The summed E-state index contributed by atoms with van der Waals surface area (Å²) in [5, 5.41) is 0. The van der Waals surface area contributed by atoms with Crippen LogP contribution < -0.4 is 4.72 Å². The van der Waals surface area contributed by atoms with Crippen LogP contribution in [0, 0.1) is 11.7 Å². The van der Waals surface area contributed by atoms with Gasteiger partial charge in [-0.05, 0) is 37.0 Å². The second-order valence-electron chi connectivity index (χ2n) is 5.06. The van der Waals surface area contributed by atoms with Crippen molar-refractivity contribution >= 4 is 26.0 Å². The topological polar surface area (TPSA) is 46.2 Å². The van der Waals surface area contributed by atoms with Crippen molar-refractivity contribution in [3.05, 3.63) is 28.5 Å². The smallest absolute Gasteiger partial charge is 0.208 e. The molecule has 1 aliphatic carbocycles. The molecule has 106 valence electrons. The molecule has 0 aliphatic heterocycles. The van der Waals surface area contributed by atoms with Crippen LogP contribution in [-0.2, 0) is 10.0 Å². The Morgan fingerprint density at radius 3 is 2.63 bits per heavy atom. The van der Waals surface area contributed by atoms with Crippen molar-refractivity contribution in [3.8, 4) is 0 Å². The lowest BCUT2D eigenvalue weighted by Gasteiger charge is -2.29. The van der Waals surface area contributed by atoms with E-state index in [0.29, 0.717) is 10.4 Å². The number of rotatable bonds is 3. The molecule has 1 N–H and O–H groups in total. The van der Waals surface area contributed by atoms with Crippen molar-refractivity contribution in [2.24, 2.45) is 5.92 Å². The summed E-state index contributed by atoms with van der Waals surface area (Å²) in [6, 6.07) is 3.89. The summed E-state index contributed by atoms with van der Waals surface area (Å²) in [4.78, 5) is -0.284. The Hall–Kier alpha value is -0.460. The Labute approximate surface area is 121 Å². The molecule has 0 saturated heterocycles. The third-order valence-corrected chi connectivity index (χ3v) is 5.62. The molecule has 0 aromatic heterocycles. The molecule has 3 nitrogen and oxygen atoms in total. The van der Waals surface area contributed by atoms with E-state index in [-0.39, 0.29) is 10.9 Å². The molecule has 1 saturated carbocycles. The Kier molecular flexibility index (Phi) is 4.63. The molecule has 19 heavy (non-hydrogen) atoms. The summed E-state index contributed by atoms with van der Waals surface area (Å²) in [5.74, 6) is -0.438. The van der Waals surface area contributed by atoms with E-state index < -0.39 is 15.8 Å². The molecule has 2 atom stereocenters. The first-order valence-corrected chi connectivity index (χ1v) is 8.65. The van der Waals surface area contributed by atoms with Crippen LogP contribution in [0.3, 0.4) is 0 Å². The predicted octanol–water partition coefficient (Wildman–Crippen LogP) is 3.45. The van der Waals surface area contributed by atoms with E-state index in [1.807, 2.05) is 6.92 Å². The number of hydrogen-bond acceptors (Lipinski definition) is 2. The summed E-state index contributed by atoms with van der Waals surface area (Å²) >= 11 is 3.12. The Morgan fingerprint density at radius 1 is 1.32 bits per heavy atom. The fourth-order valence-electron chi connectivity index (χ4n) is 2.45. The van der Waals surface area contributed by atoms with Crippen molar-refractivity contribution in [2.75, 3.05) is 0 Å². The van der Waals surface area contributed by atoms with Crippen molar-refractivity contribution < 1.29 is 12.8 Å². The number of sulfonamides is 1. The van der Waals surface area contributed by atoms with E-state index in [9.17, 15) is 12.8 Å². The highest BCUT2D eigenvalue weighted by Crippen LogP contribution is 2.26. The molecule has 1 aliphatic rings. The van der Waals surface area contributed by atoms with E-state index in [1.165, 1.54) is 18.2 Å². The minimum absolute atomic E-state index is 0.0956. The van der Waals surface area contributed by atoms with Gasteiger partial charge in [-0.1, -0.05) is 35.7 Å². The van der Waals surface area contributed by atoms with Gasteiger partial charge in [-0.2, -0.15) is 0 Å². The fourth-order valence-corrected chi connectivity index (χ4v) is 4.22. The molecule has 0 bridgehead atoms. The monoisotopic (exact) mass is 349 g/mol. The fraction of sp³-hybridized carbons (Fsp3) is 0.538. The first-order chi connectivity index (χ1) is 8.90. The highest BCUT2D eigenvalue weighted by Gasteiger charge is 2.28. The van der Waals surface area contributed by atoms with Gasteiger partial charge in [0.2, 0.25) is 10.0 Å². The highest BCUT2D eigenvalue weighted by atomic mass is 79.9. The van der Waals surface area contributed by atoms with Gasteiger partial charge < -0.3 is 0 Å². The molecule has 0 radical (unpaired) electrons. The predicted molar refractivity (Wildman–Crippen MR) is 75.8 cm³/mol. The standard InChI is InChI=1S/C13H17BrFNO2S/c1-9-4-2-3-5-12(9)16-19(17,18)13-7-6-10(14)8-11(13)15/h6-9,12,16H,2-5H2,1H3. The zero-order chi connectivity index (χ0) is 14.0. The van der Waals surface area contributed by atoms with Crippen LogP contribution in [0.2, 0.25) is 0 Å². The lowest BCUT2D eigenvalue weighted by molar-refractivity contribution is 0.310. The summed E-state index contributed by atoms with van der Waals surface area (Å²) in [6.07, 6.45) is 3.97. The van der Waals surface area contributed by atoms with Crippen molar-refractivity contribution in [3.63, 3.8) is 0 Å². The van der Waals surface area contributed by atoms with Crippen LogP contribution in [0.4, 0.5) is 4.39 Å². The first kappa shape index (κ1) is 14.9. The quantitative estimate of drug-likeness (QED) is 0.908. The molecular weight excluding hydrogens is 333 g/mol. The van der Waals surface area contributed by atoms with Crippen LogP contribution in [0.1, 0.15) is 32.6 Å². The summed E-state index contributed by atoms with van der Waals surface area (Å²) in [7, 11) is -3.79. The van der Waals surface area contributed by atoms with Gasteiger partial charge in [-0.3, -0.25) is 0 Å². The third kappa shape index (κ3) is 3.55. The minimum Gasteiger partial charge on any atom is -0.208 e. The zero-order valence-electron chi connectivity index (χ0n) is 10.7. The second-order valence-corrected chi connectivity index (χ2v) is 7.66. The Bertz CT molecular complexity index is 562. The van der Waals surface area contributed by atoms with Crippen molar-refractivity contribution in [1.29, 1.82) is 0 Å². The van der Waals surface area contributed by atoms with E-state index in [2.05, 4.69) is 20.7 Å². The molecule has 0 spiro atoms. The van der Waals surface area contributed by atoms with Gasteiger partial charge in [0.05, 0.1) is 0 Å². The van der Waals surface area contributed by atoms with Crippen molar-refractivity contribution in [1.82, 2.24) is 4.72 Å². The normalized spacial score (nSPS) is 24.4. The first-order valence-electron chi connectivity index (χ1n) is 6.37. The third-order valence-electron chi connectivity index (χ3n) is 3.60. The maximum Gasteiger partial charge on any atom is 0.243 e. The lowest BCUT2D eigenvalue weighted by Crippen LogP contribution is -2.41. The lowest BCUT2D eigenvalue weighted by atomic mass is 9.87. The SMILES string of the molecule is CC1CCCCC1NS(=O)(=O)c1ccc(Br)cc1F. The number of benzene rings is 1. The van der Waals surface area contributed by atoms with Crippen LogP contribution in [0.5, 0.6) is 0 Å². The molecular formula is C13H17BrFNO2S. The number of hydrogen-bond donors (Lipinski definition) is 1. The largest absolute Gasteiger partial charge is 0.243 e. The minimum atomic E-state index is -3.79. The van der Waals surface area contributed by atoms with Crippen molar-refractivity contribution in [2.45, 2.75) is 43.5 Å². The van der Waals surface area contributed by atoms with Gasteiger partial charge in [0, 0.05) is 10.5 Å². The van der Waals surface area contributed by atoms with Gasteiger partial charge in [0.25, 0.3) is 0 Å². The van der Waals surface area contributed by atoms with Gasteiger partial charge >= 0.3 is 0 Å². The zero-order valence-corrected chi connectivity index (χ0v) is 13.1. The Morgan fingerprint density at radius 2 is 2.00 bits per heavy atom. The maximum atomic E-state index is 13.7. The van der Waals surface area contributed by atoms with Gasteiger partial charge in [0.1, 0.15) is 10.7 Å². The molecule has 1 aromatic carbocycles. The van der Waals surface area contributed by atoms with Gasteiger partial charge in [0.15, 0.2) is 0 Å². The molecule has 0 heterocycles. The van der Waals surface area contributed by atoms with Crippen LogP contribution in [0.25, 0.3) is 0 Å². The second kappa shape index (κ2) is 5.89. The average molecular weight is 350 g/mol. The molecule has 2 unspecified atom stereocenters. The number of halogens is 2. The Balaban J connectivity index is 2.22. The van der Waals surface area contributed by atoms with E-state index in [0.717, 1.165) is 25.7 Å². The number of nitrogens with one attached hydrogen (secondary N) is 1. The van der Waals surface area contributed by atoms with Crippen LogP contribution in [-0.4, -0.2) is 14.5 Å². The van der Waals surface area contributed by atoms with Crippen LogP contribution >= 0.6 is 15.9 Å².